The van der Waals surface area contributed by atoms with Gasteiger partial charge in [0.1, 0.15) is 13.3 Å². The summed E-state index contributed by atoms with van der Waals surface area (Å²) < 4.78 is 22.9. The van der Waals surface area contributed by atoms with Gasteiger partial charge in [0.2, 0.25) is 0 Å². The maximum atomic E-state index is 13.2. The molecule has 126 valence electrons. The minimum absolute atomic E-state index is 0.104. The van der Waals surface area contributed by atoms with Crippen molar-refractivity contribution in [2.45, 2.75) is 12.6 Å². The number of hydrogen-bond donors (Lipinski definition) is 1. The number of esters is 1. The number of alkyl halides is 1. The van der Waals surface area contributed by atoms with E-state index in [-0.39, 0.29) is 6.61 Å². The van der Waals surface area contributed by atoms with Crippen LogP contribution < -0.4 is 5.32 Å². The first kappa shape index (κ1) is 17.5. The Balaban J connectivity index is 1.93. The van der Waals surface area contributed by atoms with Crippen molar-refractivity contribution in [3.63, 3.8) is 0 Å². The number of halogens is 1. The van der Waals surface area contributed by atoms with E-state index in [9.17, 15) is 14.0 Å². The van der Waals surface area contributed by atoms with Crippen LogP contribution in [0.4, 0.5) is 9.18 Å². The quantitative estimate of drug-likeness (QED) is 0.824. The van der Waals surface area contributed by atoms with Crippen molar-refractivity contribution >= 4 is 12.1 Å². The molecule has 6 heteroatoms. The highest BCUT2D eigenvalue weighted by Crippen LogP contribution is 2.15. The van der Waals surface area contributed by atoms with Crippen LogP contribution >= 0.6 is 0 Å². The molecule has 0 saturated heterocycles. The average Bonchev–Trinajstić information content (AvgIpc) is 2.64. The molecule has 1 atom stereocenters. The van der Waals surface area contributed by atoms with Gasteiger partial charge in [-0.15, -0.1) is 0 Å². The average molecular weight is 331 g/mol. The monoisotopic (exact) mass is 331 g/mol. The van der Waals surface area contributed by atoms with Crippen LogP contribution in [0.25, 0.3) is 0 Å². The lowest BCUT2D eigenvalue weighted by molar-refractivity contribution is 0.0600. The van der Waals surface area contributed by atoms with Crippen LogP contribution in [-0.2, 0) is 16.1 Å². The van der Waals surface area contributed by atoms with E-state index >= 15 is 0 Å². The molecule has 2 aromatic rings. The number of nitrogens with one attached hydrogen (secondary N) is 1. The molecule has 1 unspecified atom stereocenters. The van der Waals surface area contributed by atoms with Gasteiger partial charge in [-0.1, -0.05) is 42.5 Å². The topological polar surface area (TPSA) is 64.6 Å². The first-order chi connectivity index (χ1) is 11.6. The zero-order valence-corrected chi connectivity index (χ0v) is 13.2. The van der Waals surface area contributed by atoms with Gasteiger partial charge in [0.15, 0.2) is 0 Å². The molecule has 0 spiro atoms. The minimum atomic E-state index is -0.847. The highest BCUT2D eigenvalue weighted by atomic mass is 19.1. The molecular formula is C18H18FNO4. The first-order valence-corrected chi connectivity index (χ1v) is 7.35. The van der Waals surface area contributed by atoms with E-state index in [1.165, 1.54) is 19.2 Å². The van der Waals surface area contributed by atoms with Crippen molar-refractivity contribution in [1.82, 2.24) is 5.32 Å². The Labute approximate surface area is 139 Å². The highest BCUT2D eigenvalue weighted by molar-refractivity contribution is 5.89. The van der Waals surface area contributed by atoms with E-state index in [0.29, 0.717) is 11.1 Å². The summed E-state index contributed by atoms with van der Waals surface area (Å²) >= 11 is 0. The fourth-order valence-corrected chi connectivity index (χ4v) is 2.09. The molecule has 0 fully saturated rings. The number of amides is 1. The first-order valence-electron chi connectivity index (χ1n) is 7.35. The molecule has 2 rings (SSSR count). The fraction of sp³-hybridized carbons (Fsp3) is 0.222. The van der Waals surface area contributed by atoms with Crippen LogP contribution in [-0.4, -0.2) is 25.8 Å². The van der Waals surface area contributed by atoms with E-state index < -0.39 is 24.8 Å². The van der Waals surface area contributed by atoms with Crippen LogP contribution in [0.15, 0.2) is 54.6 Å². The summed E-state index contributed by atoms with van der Waals surface area (Å²) in [6, 6.07) is 14.5. The summed E-state index contributed by atoms with van der Waals surface area (Å²) in [6.45, 7) is -0.690. The van der Waals surface area contributed by atoms with Gasteiger partial charge in [0.05, 0.1) is 18.7 Å². The van der Waals surface area contributed by atoms with E-state index in [0.717, 1.165) is 5.56 Å². The van der Waals surface area contributed by atoms with E-state index in [2.05, 4.69) is 10.1 Å². The molecule has 0 aliphatic rings. The van der Waals surface area contributed by atoms with Gasteiger partial charge in [0, 0.05) is 0 Å². The third kappa shape index (κ3) is 4.81. The van der Waals surface area contributed by atoms with Crippen LogP contribution in [0.1, 0.15) is 27.5 Å². The van der Waals surface area contributed by atoms with Crippen molar-refractivity contribution in [3.8, 4) is 0 Å². The van der Waals surface area contributed by atoms with E-state index in [4.69, 9.17) is 4.74 Å². The van der Waals surface area contributed by atoms with Gasteiger partial charge in [-0.2, -0.15) is 0 Å². The molecule has 0 aromatic heterocycles. The van der Waals surface area contributed by atoms with Gasteiger partial charge in [-0.25, -0.2) is 14.0 Å². The zero-order chi connectivity index (χ0) is 17.4. The molecule has 24 heavy (non-hydrogen) atoms. The molecular weight excluding hydrogens is 313 g/mol. The standard InChI is InChI=1S/C18H18FNO4/c1-23-17(21)15-9-7-14(8-10-15)16(11-19)20-18(22)24-12-13-5-3-2-4-6-13/h2-10,16H,11-12H2,1H3,(H,20,22). The number of ether oxygens (including phenoxy) is 2. The summed E-state index contributed by atoms with van der Waals surface area (Å²) in [5, 5.41) is 2.46. The third-order valence-electron chi connectivity index (χ3n) is 3.39. The maximum Gasteiger partial charge on any atom is 0.408 e. The van der Waals surface area contributed by atoms with Crippen LogP contribution in [0.3, 0.4) is 0 Å². The van der Waals surface area contributed by atoms with Gasteiger partial charge in [-0.05, 0) is 23.3 Å². The number of benzene rings is 2. The maximum absolute atomic E-state index is 13.2. The normalized spacial score (nSPS) is 11.4. The Morgan fingerprint density at radius 3 is 2.33 bits per heavy atom. The van der Waals surface area contributed by atoms with Crippen LogP contribution in [0.2, 0.25) is 0 Å². The van der Waals surface area contributed by atoms with Crippen molar-refractivity contribution < 1.29 is 23.5 Å². The molecule has 1 amide bonds. The summed E-state index contributed by atoms with van der Waals surface area (Å²) in [4.78, 5) is 23.2. The molecule has 2 aromatic carbocycles. The van der Waals surface area contributed by atoms with Crippen LogP contribution in [0, 0.1) is 0 Å². The Morgan fingerprint density at radius 1 is 1.08 bits per heavy atom. The van der Waals surface area contributed by atoms with Gasteiger partial charge in [-0.3, -0.25) is 0 Å². The predicted molar refractivity (Wildman–Crippen MR) is 86.3 cm³/mol. The van der Waals surface area contributed by atoms with E-state index in [1.807, 2.05) is 30.3 Å². The Morgan fingerprint density at radius 2 is 1.75 bits per heavy atom. The van der Waals surface area contributed by atoms with Crippen LogP contribution in [0.5, 0.6) is 0 Å². The van der Waals surface area contributed by atoms with Gasteiger partial charge >= 0.3 is 12.1 Å². The molecule has 1 N–H and O–H groups in total. The number of methoxy groups -OCH3 is 1. The molecule has 0 radical (unpaired) electrons. The molecule has 0 bridgehead atoms. The number of hydrogen-bond acceptors (Lipinski definition) is 4. The predicted octanol–water partition coefficient (Wildman–Crippen LogP) is 3.41. The third-order valence-corrected chi connectivity index (χ3v) is 3.39. The lowest BCUT2D eigenvalue weighted by atomic mass is 10.1. The summed E-state index contributed by atoms with van der Waals surface area (Å²) in [6.07, 6.45) is -0.710. The molecule has 0 heterocycles. The lowest BCUT2D eigenvalue weighted by Crippen LogP contribution is -2.30. The van der Waals surface area contributed by atoms with Crippen molar-refractivity contribution in [3.05, 3.63) is 71.3 Å². The second kappa shape index (κ2) is 8.67. The van der Waals surface area contributed by atoms with Crippen molar-refractivity contribution in [2.75, 3.05) is 13.8 Å². The van der Waals surface area contributed by atoms with Crippen molar-refractivity contribution in [2.24, 2.45) is 0 Å². The SMILES string of the molecule is COC(=O)c1ccc(C(CF)NC(=O)OCc2ccccc2)cc1. The second-order valence-electron chi connectivity index (χ2n) is 5.03. The van der Waals surface area contributed by atoms with Crippen molar-refractivity contribution in [1.29, 1.82) is 0 Å². The minimum Gasteiger partial charge on any atom is -0.465 e. The Hall–Kier alpha value is -2.89. The largest absolute Gasteiger partial charge is 0.465 e. The number of rotatable bonds is 6. The number of carbonyl (C=O) groups excluding carboxylic acids is 2. The molecule has 0 saturated carbocycles. The molecule has 0 aliphatic carbocycles. The number of carbonyl (C=O) groups is 2. The molecule has 0 aliphatic heterocycles. The fourth-order valence-electron chi connectivity index (χ4n) is 2.09. The zero-order valence-electron chi connectivity index (χ0n) is 13.2. The smallest absolute Gasteiger partial charge is 0.408 e. The Bertz CT molecular complexity index is 673. The highest BCUT2D eigenvalue weighted by Gasteiger charge is 2.16. The summed E-state index contributed by atoms with van der Waals surface area (Å²) in [5.41, 5.74) is 1.72. The Kier molecular flexibility index (Phi) is 6.31. The molecule has 5 nitrogen and oxygen atoms in total. The summed E-state index contributed by atoms with van der Waals surface area (Å²) in [7, 11) is 1.28. The van der Waals surface area contributed by atoms with Gasteiger partial charge < -0.3 is 14.8 Å². The summed E-state index contributed by atoms with van der Waals surface area (Å²) in [5.74, 6) is -0.478. The van der Waals surface area contributed by atoms with Gasteiger partial charge in [0.25, 0.3) is 0 Å². The second-order valence-corrected chi connectivity index (χ2v) is 5.03. The number of alkyl carbamates (subject to hydrolysis) is 1. The lowest BCUT2D eigenvalue weighted by Gasteiger charge is -2.16. The van der Waals surface area contributed by atoms with E-state index in [1.54, 1.807) is 12.1 Å².